The molecule has 20 heavy (non-hydrogen) atoms. The van der Waals surface area contributed by atoms with Crippen molar-refractivity contribution in [3.05, 3.63) is 58.6 Å². The zero-order valence-corrected chi connectivity index (χ0v) is 12.5. The number of rotatable bonds is 3. The van der Waals surface area contributed by atoms with Crippen LogP contribution in [-0.4, -0.2) is 18.3 Å². The molecule has 0 saturated carbocycles. The van der Waals surface area contributed by atoms with Crippen molar-refractivity contribution in [3.8, 4) is 0 Å². The second-order valence-corrected chi connectivity index (χ2v) is 5.50. The third kappa shape index (κ3) is 2.12. The van der Waals surface area contributed by atoms with Gasteiger partial charge in [-0.2, -0.15) is 0 Å². The molecule has 100 valence electrons. The van der Waals surface area contributed by atoms with Crippen LogP contribution in [-0.2, 0) is 0 Å². The summed E-state index contributed by atoms with van der Waals surface area (Å²) in [4.78, 5) is 16.7. The van der Waals surface area contributed by atoms with Crippen molar-refractivity contribution in [3.63, 3.8) is 0 Å². The molecule has 0 radical (unpaired) electrons. The number of anilines is 2. The molecule has 3 aromatic rings. The largest absolute Gasteiger partial charge is 0.341 e. The highest BCUT2D eigenvalue weighted by molar-refractivity contribution is 9.10. The third-order valence-electron chi connectivity index (χ3n) is 3.39. The summed E-state index contributed by atoms with van der Waals surface area (Å²) in [5, 5.41) is 0.946. The molecule has 0 aliphatic heterocycles. The lowest BCUT2D eigenvalue weighted by Crippen LogP contribution is -2.11. The molecule has 0 bridgehead atoms. The number of hydrogen-bond donors (Lipinski definition) is 1. The van der Waals surface area contributed by atoms with Gasteiger partial charge in [0, 0.05) is 28.1 Å². The Bertz CT molecular complexity index is 762. The van der Waals surface area contributed by atoms with Crippen LogP contribution in [0.3, 0.4) is 0 Å². The van der Waals surface area contributed by atoms with Crippen LogP contribution < -0.4 is 4.90 Å². The fourth-order valence-electron chi connectivity index (χ4n) is 2.33. The summed E-state index contributed by atoms with van der Waals surface area (Å²) in [6.07, 6.45) is 0.906. The predicted molar refractivity (Wildman–Crippen MR) is 85.9 cm³/mol. The van der Waals surface area contributed by atoms with Gasteiger partial charge in [-0.25, -0.2) is 0 Å². The van der Waals surface area contributed by atoms with Gasteiger partial charge in [-0.1, -0.05) is 34.1 Å². The molecule has 0 aliphatic carbocycles. The Labute approximate surface area is 125 Å². The number of aldehydes is 1. The molecular formula is C16H13BrN2O. The number of nitrogens with zero attached hydrogens (tertiary/aromatic N) is 1. The maximum atomic E-state index is 11.4. The fraction of sp³-hybridized carbons (Fsp3) is 0.0625. The van der Waals surface area contributed by atoms with E-state index in [1.165, 1.54) is 0 Å². The second-order valence-electron chi connectivity index (χ2n) is 4.59. The number of fused-ring (bicyclic) bond motifs is 1. The quantitative estimate of drug-likeness (QED) is 0.718. The molecule has 1 heterocycles. The van der Waals surface area contributed by atoms with Crippen LogP contribution in [0.15, 0.2) is 53.0 Å². The van der Waals surface area contributed by atoms with Crippen LogP contribution in [0.2, 0.25) is 0 Å². The zero-order chi connectivity index (χ0) is 14.1. The van der Waals surface area contributed by atoms with Gasteiger partial charge in [0.25, 0.3) is 0 Å². The number of nitrogens with one attached hydrogen (secondary N) is 1. The first-order chi connectivity index (χ1) is 9.70. The second kappa shape index (κ2) is 5.13. The Morgan fingerprint density at radius 1 is 1.10 bits per heavy atom. The summed E-state index contributed by atoms with van der Waals surface area (Å²) < 4.78 is 1.03. The van der Waals surface area contributed by atoms with Crippen LogP contribution in [0, 0.1) is 0 Å². The Kier molecular flexibility index (Phi) is 3.32. The molecular weight excluding hydrogens is 316 g/mol. The summed E-state index contributed by atoms with van der Waals surface area (Å²) in [7, 11) is 1.95. The normalized spacial score (nSPS) is 10.7. The van der Waals surface area contributed by atoms with Crippen LogP contribution in [0.25, 0.3) is 10.9 Å². The first-order valence-corrected chi connectivity index (χ1v) is 7.05. The van der Waals surface area contributed by atoms with E-state index in [0.717, 1.165) is 33.2 Å². The number of aromatic nitrogens is 1. The highest BCUT2D eigenvalue weighted by Gasteiger charge is 2.15. The van der Waals surface area contributed by atoms with E-state index in [2.05, 4.69) is 20.9 Å². The molecule has 4 heteroatoms. The fourth-order valence-corrected chi connectivity index (χ4v) is 2.59. The highest BCUT2D eigenvalue weighted by Crippen LogP contribution is 2.31. The van der Waals surface area contributed by atoms with E-state index in [4.69, 9.17) is 0 Å². The average molecular weight is 329 g/mol. The minimum atomic E-state index is 0.686. The summed E-state index contributed by atoms with van der Waals surface area (Å²) in [6, 6.07) is 15.8. The van der Waals surface area contributed by atoms with E-state index in [0.29, 0.717) is 5.56 Å². The van der Waals surface area contributed by atoms with Crippen molar-refractivity contribution in [1.82, 2.24) is 4.98 Å². The topological polar surface area (TPSA) is 36.1 Å². The van der Waals surface area contributed by atoms with Crippen molar-refractivity contribution in [2.24, 2.45) is 0 Å². The van der Waals surface area contributed by atoms with Crippen molar-refractivity contribution in [2.75, 3.05) is 11.9 Å². The molecule has 0 spiro atoms. The Hall–Kier alpha value is -2.07. The van der Waals surface area contributed by atoms with E-state index < -0.39 is 0 Å². The molecule has 1 aromatic heterocycles. The van der Waals surface area contributed by atoms with Gasteiger partial charge in [-0.3, -0.25) is 4.79 Å². The summed E-state index contributed by atoms with van der Waals surface area (Å²) >= 11 is 3.42. The minimum absolute atomic E-state index is 0.686. The molecule has 2 aromatic carbocycles. The van der Waals surface area contributed by atoms with Gasteiger partial charge in [0.2, 0.25) is 0 Å². The standard InChI is InChI=1S/C16H13BrN2O/c1-19(12-8-6-11(17)7-9-12)16-14(10-20)13-4-2-3-5-15(13)18-16/h2-10,18H,1H3. The Balaban J connectivity index is 2.13. The smallest absolute Gasteiger partial charge is 0.154 e. The maximum Gasteiger partial charge on any atom is 0.154 e. The van der Waals surface area contributed by atoms with Gasteiger partial charge >= 0.3 is 0 Å². The summed E-state index contributed by atoms with van der Waals surface area (Å²) in [6.45, 7) is 0. The van der Waals surface area contributed by atoms with Crippen molar-refractivity contribution < 1.29 is 4.79 Å². The zero-order valence-electron chi connectivity index (χ0n) is 10.9. The number of hydrogen-bond acceptors (Lipinski definition) is 2. The molecule has 0 amide bonds. The van der Waals surface area contributed by atoms with Gasteiger partial charge in [0.1, 0.15) is 5.82 Å². The number of para-hydroxylation sites is 1. The molecule has 1 N–H and O–H groups in total. The lowest BCUT2D eigenvalue weighted by Gasteiger charge is -2.18. The van der Waals surface area contributed by atoms with Gasteiger partial charge in [-0.15, -0.1) is 0 Å². The van der Waals surface area contributed by atoms with Crippen molar-refractivity contribution in [1.29, 1.82) is 0 Å². The number of H-pyrrole nitrogens is 1. The summed E-state index contributed by atoms with van der Waals surface area (Å²) in [5.74, 6) is 0.809. The number of carbonyl (C=O) groups is 1. The number of halogens is 1. The summed E-state index contributed by atoms with van der Waals surface area (Å²) in [5.41, 5.74) is 2.67. The van der Waals surface area contributed by atoms with E-state index in [1.54, 1.807) is 0 Å². The van der Waals surface area contributed by atoms with Gasteiger partial charge < -0.3 is 9.88 Å². The predicted octanol–water partition coefficient (Wildman–Crippen LogP) is 4.51. The minimum Gasteiger partial charge on any atom is -0.341 e. The van der Waals surface area contributed by atoms with Gasteiger partial charge in [0.05, 0.1) is 5.56 Å². The van der Waals surface area contributed by atoms with E-state index >= 15 is 0 Å². The molecule has 0 aliphatic rings. The van der Waals surface area contributed by atoms with Gasteiger partial charge in [-0.05, 0) is 30.3 Å². The number of carbonyl (C=O) groups excluding carboxylic acids is 1. The SMILES string of the molecule is CN(c1ccc(Br)cc1)c1[nH]c2ccccc2c1C=O. The monoisotopic (exact) mass is 328 g/mol. The lowest BCUT2D eigenvalue weighted by atomic mass is 10.2. The van der Waals surface area contributed by atoms with Crippen molar-refractivity contribution >= 4 is 44.6 Å². The van der Waals surface area contributed by atoms with Crippen molar-refractivity contribution in [2.45, 2.75) is 0 Å². The Morgan fingerprint density at radius 3 is 2.50 bits per heavy atom. The highest BCUT2D eigenvalue weighted by atomic mass is 79.9. The molecule has 0 saturated heterocycles. The molecule has 0 atom stereocenters. The maximum absolute atomic E-state index is 11.4. The van der Waals surface area contributed by atoms with E-state index in [9.17, 15) is 4.79 Å². The van der Waals surface area contributed by atoms with E-state index in [-0.39, 0.29) is 0 Å². The first kappa shape index (κ1) is 12.9. The molecule has 0 unspecified atom stereocenters. The number of benzene rings is 2. The third-order valence-corrected chi connectivity index (χ3v) is 3.92. The first-order valence-electron chi connectivity index (χ1n) is 6.26. The van der Waals surface area contributed by atoms with Gasteiger partial charge in [0.15, 0.2) is 6.29 Å². The van der Waals surface area contributed by atoms with Crippen LogP contribution in [0.5, 0.6) is 0 Å². The van der Waals surface area contributed by atoms with Crippen LogP contribution in [0.1, 0.15) is 10.4 Å². The van der Waals surface area contributed by atoms with Crippen LogP contribution in [0.4, 0.5) is 11.5 Å². The average Bonchev–Trinajstić information content (AvgIpc) is 2.85. The Morgan fingerprint density at radius 2 is 1.80 bits per heavy atom. The molecule has 0 fully saturated rings. The molecule has 3 nitrogen and oxygen atoms in total. The number of aromatic amines is 1. The van der Waals surface area contributed by atoms with Crippen LogP contribution >= 0.6 is 15.9 Å². The lowest BCUT2D eigenvalue weighted by molar-refractivity contribution is 0.112. The molecule has 3 rings (SSSR count). The van der Waals surface area contributed by atoms with E-state index in [1.807, 2.05) is 60.5 Å².